The van der Waals surface area contributed by atoms with Crippen molar-refractivity contribution in [1.82, 2.24) is 10.3 Å². The zero-order valence-electron chi connectivity index (χ0n) is 6.56. The van der Waals surface area contributed by atoms with Crippen LogP contribution in [0.25, 0.3) is 0 Å². The maximum absolute atomic E-state index is 11.1. The Bertz CT molecular complexity index is 353. The lowest BCUT2D eigenvalue weighted by Gasteiger charge is -2.00. The first-order chi connectivity index (χ1) is 6.20. The lowest BCUT2D eigenvalue weighted by molar-refractivity contribution is 0.0945. The van der Waals surface area contributed by atoms with E-state index in [1.54, 1.807) is 35.2 Å². The SMILES string of the molecule is O=C(NN[SH](=O)=O)c1ccccc1. The largest absolute Gasteiger partial charge is 0.274 e. The maximum Gasteiger partial charge on any atom is 0.266 e. The number of hydrogen-bond donors (Lipinski definition) is 3. The Morgan fingerprint density at radius 3 is 2.31 bits per heavy atom. The summed E-state index contributed by atoms with van der Waals surface area (Å²) in [6.07, 6.45) is 0. The minimum absolute atomic E-state index is 0.395. The highest BCUT2D eigenvalue weighted by molar-refractivity contribution is 7.70. The highest BCUT2D eigenvalue weighted by Crippen LogP contribution is 1.96. The van der Waals surface area contributed by atoms with Crippen LogP contribution in [0.15, 0.2) is 30.3 Å². The van der Waals surface area contributed by atoms with Gasteiger partial charge in [0.15, 0.2) is 0 Å². The minimum atomic E-state index is -2.81. The van der Waals surface area contributed by atoms with Crippen LogP contribution in [0.4, 0.5) is 0 Å². The maximum atomic E-state index is 11.1. The second-order valence-electron chi connectivity index (χ2n) is 2.19. The Balaban J connectivity index is 2.59. The molecule has 0 unspecified atom stereocenters. The smallest absolute Gasteiger partial charge is 0.266 e. The van der Waals surface area contributed by atoms with Crippen LogP contribution < -0.4 is 10.3 Å². The van der Waals surface area contributed by atoms with Crippen LogP contribution in [0.5, 0.6) is 0 Å². The molecule has 0 aliphatic carbocycles. The van der Waals surface area contributed by atoms with Gasteiger partial charge in [-0.3, -0.25) is 10.2 Å². The summed E-state index contributed by atoms with van der Waals surface area (Å²) in [5.41, 5.74) is 2.41. The van der Waals surface area contributed by atoms with E-state index in [1.165, 1.54) is 0 Å². The molecule has 1 aromatic rings. The first kappa shape index (κ1) is 9.69. The molecule has 13 heavy (non-hydrogen) atoms. The number of hydrazine groups is 1. The summed E-state index contributed by atoms with van der Waals surface area (Å²) in [6.45, 7) is 0. The average molecular weight is 200 g/mol. The third-order valence-corrected chi connectivity index (χ3v) is 1.59. The Morgan fingerprint density at radius 1 is 1.15 bits per heavy atom. The molecule has 2 N–H and O–H groups in total. The quantitative estimate of drug-likeness (QED) is 0.452. The molecule has 0 saturated carbocycles. The van der Waals surface area contributed by atoms with Gasteiger partial charge in [-0.2, -0.15) is 0 Å². The highest BCUT2D eigenvalue weighted by Gasteiger charge is 2.02. The lowest BCUT2D eigenvalue weighted by Crippen LogP contribution is -2.36. The summed E-state index contributed by atoms with van der Waals surface area (Å²) in [5, 5.41) is 0. The molecule has 1 rings (SSSR count). The Kier molecular flexibility index (Phi) is 3.41. The normalized spacial score (nSPS) is 9.92. The minimum Gasteiger partial charge on any atom is -0.274 e. The Morgan fingerprint density at radius 2 is 1.77 bits per heavy atom. The van der Waals surface area contributed by atoms with Crippen LogP contribution in [-0.2, 0) is 10.9 Å². The summed E-state index contributed by atoms with van der Waals surface area (Å²) < 4.78 is 20.1. The van der Waals surface area contributed by atoms with Crippen LogP contribution in [0.1, 0.15) is 10.4 Å². The molecular formula is C7H8N2O3S. The summed E-state index contributed by atoms with van der Waals surface area (Å²) >= 11 is 0. The van der Waals surface area contributed by atoms with Gasteiger partial charge in [-0.15, -0.1) is 4.83 Å². The molecular weight excluding hydrogens is 192 g/mol. The standard InChI is InChI=1S/C7H8N2O3S/c10-7(8-9-13(11)12)6-4-2-1-3-5-6/h1-5,13H,(H,8,10)(H,9,11,12). The fourth-order valence-corrected chi connectivity index (χ4v) is 0.951. The van der Waals surface area contributed by atoms with E-state index in [9.17, 15) is 13.2 Å². The van der Waals surface area contributed by atoms with Crippen molar-refractivity contribution in [2.75, 3.05) is 0 Å². The summed E-state index contributed by atoms with van der Waals surface area (Å²) in [5.74, 6) is -0.486. The van der Waals surface area contributed by atoms with E-state index in [0.29, 0.717) is 5.56 Å². The van der Waals surface area contributed by atoms with Crippen molar-refractivity contribution >= 4 is 16.8 Å². The molecule has 1 aromatic carbocycles. The topological polar surface area (TPSA) is 75.3 Å². The fourth-order valence-electron chi connectivity index (χ4n) is 0.758. The van der Waals surface area contributed by atoms with Crippen molar-refractivity contribution in [1.29, 1.82) is 0 Å². The Labute approximate surface area is 76.8 Å². The summed E-state index contributed by atoms with van der Waals surface area (Å²) in [6, 6.07) is 8.29. The number of thiol groups is 1. The van der Waals surface area contributed by atoms with Crippen LogP contribution in [-0.4, -0.2) is 14.3 Å². The van der Waals surface area contributed by atoms with Gasteiger partial charge in [0.2, 0.25) is 10.9 Å². The van der Waals surface area contributed by atoms with Gasteiger partial charge in [-0.1, -0.05) is 18.2 Å². The molecule has 0 bridgehead atoms. The first-order valence-corrected chi connectivity index (χ1v) is 4.63. The number of carbonyl (C=O) groups is 1. The predicted molar refractivity (Wildman–Crippen MR) is 47.4 cm³/mol. The van der Waals surface area contributed by atoms with Gasteiger partial charge in [0.05, 0.1) is 0 Å². The number of benzene rings is 1. The van der Waals surface area contributed by atoms with Gasteiger partial charge in [-0.05, 0) is 12.1 Å². The van der Waals surface area contributed by atoms with Crippen molar-refractivity contribution in [2.24, 2.45) is 0 Å². The molecule has 5 nitrogen and oxygen atoms in total. The van der Waals surface area contributed by atoms with Crippen LogP contribution in [0, 0.1) is 0 Å². The van der Waals surface area contributed by atoms with Crippen molar-refractivity contribution in [2.45, 2.75) is 0 Å². The third-order valence-electron chi connectivity index (χ3n) is 1.30. The van der Waals surface area contributed by atoms with E-state index in [0.717, 1.165) is 0 Å². The number of amides is 1. The van der Waals surface area contributed by atoms with Gasteiger partial charge in [0.1, 0.15) is 0 Å². The molecule has 0 aliphatic heterocycles. The molecule has 0 saturated heterocycles. The van der Waals surface area contributed by atoms with Crippen LogP contribution in [0.2, 0.25) is 0 Å². The molecule has 0 aliphatic rings. The first-order valence-electron chi connectivity index (χ1n) is 3.45. The number of carbonyl (C=O) groups excluding carboxylic acids is 1. The van der Waals surface area contributed by atoms with Crippen LogP contribution in [0.3, 0.4) is 0 Å². The van der Waals surface area contributed by atoms with Crippen molar-refractivity contribution in [3.63, 3.8) is 0 Å². The molecule has 0 fully saturated rings. The molecule has 0 heterocycles. The van der Waals surface area contributed by atoms with E-state index >= 15 is 0 Å². The zero-order valence-corrected chi connectivity index (χ0v) is 7.45. The van der Waals surface area contributed by atoms with E-state index < -0.39 is 16.8 Å². The average Bonchev–Trinajstić information content (AvgIpc) is 2.15. The van der Waals surface area contributed by atoms with Gasteiger partial charge in [0.25, 0.3) is 5.91 Å². The van der Waals surface area contributed by atoms with Crippen molar-refractivity contribution in [3.8, 4) is 0 Å². The monoisotopic (exact) mass is 200 g/mol. The Hall–Kier alpha value is -1.40. The predicted octanol–water partition coefficient (Wildman–Crippen LogP) is -0.553. The molecule has 6 heteroatoms. The van der Waals surface area contributed by atoms with E-state index in [-0.39, 0.29) is 0 Å². The van der Waals surface area contributed by atoms with Crippen molar-refractivity contribution < 1.29 is 13.2 Å². The van der Waals surface area contributed by atoms with E-state index in [2.05, 4.69) is 0 Å². The number of nitrogens with one attached hydrogen (secondary N) is 2. The van der Waals surface area contributed by atoms with E-state index in [1.807, 2.05) is 5.43 Å². The zero-order chi connectivity index (χ0) is 9.68. The number of rotatable bonds is 3. The fraction of sp³-hybridized carbons (Fsp3) is 0. The second kappa shape index (κ2) is 4.58. The van der Waals surface area contributed by atoms with Gasteiger partial charge in [-0.25, -0.2) is 8.42 Å². The van der Waals surface area contributed by atoms with Crippen molar-refractivity contribution in [3.05, 3.63) is 35.9 Å². The second-order valence-corrected chi connectivity index (χ2v) is 2.93. The summed E-state index contributed by atoms with van der Waals surface area (Å²) in [4.78, 5) is 12.9. The molecule has 0 atom stereocenters. The van der Waals surface area contributed by atoms with Gasteiger partial charge in [0, 0.05) is 5.56 Å². The van der Waals surface area contributed by atoms with Gasteiger partial charge >= 0.3 is 0 Å². The van der Waals surface area contributed by atoms with E-state index in [4.69, 9.17) is 0 Å². The molecule has 1 amide bonds. The molecule has 0 radical (unpaired) electrons. The third kappa shape index (κ3) is 3.22. The molecule has 0 spiro atoms. The van der Waals surface area contributed by atoms with Crippen LogP contribution >= 0.6 is 0 Å². The lowest BCUT2D eigenvalue weighted by atomic mass is 10.2. The summed E-state index contributed by atoms with van der Waals surface area (Å²) in [7, 11) is -2.81. The molecule has 0 aromatic heterocycles. The number of hydrogen-bond acceptors (Lipinski definition) is 3. The molecule has 70 valence electrons. The van der Waals surface area contributed by atoms with Gasteiger partial charge < -0.3 is 0 Å². The highest BCUT2D eigenvalue weighted by atomic mass is 32.2.